The lowest BCUT2D eigenvalue weighted by Gasteiger charge is -2.29. The smallest absolute Gasteiger partial charge is 0.164 e. The van der Waals surface area contributed by atoms with Crippen molar-refractivity contribution in [2.24, 2.45) is 5.92 Å². The number of halogens is 4. The number of hydrogen-bond acceptors (Lipinski definition) is 2. The summed E-state index contributed by atoms with van der Waals surface area (Å²) in [4.78, 5) is 0. The Hall–Kier alpha value is -1.92. The lowest BCUT2D eigenvalue weighted by atomic mass is 9.79. The molecule has 35 heavy (non-hydrogen) atoms. The Labute approximate surface area is 206 Å². The van der Waals surface area contributed by atoms with Gasteiger partial charge in [0, 0.05) is 17.7 Å². The Balaban J connectivity index is 1.31. The third-order valence-corrected chi connectivity index (χ3v) is 7.89. The maximum absolute atomic E-state index is 14.8. The maximum atomic E-state index is 14.8. The van der Waals surface area contributed by atoms with Gasteiger partial charge in [-0.15, -0.1) is 0 Å². The average molecular weight is 493 g/mol. The topological polar surface area (TPSA) is 18.5 Å². The molecule has 4 rings (SSSR count). The molecule has 2 nitrogen and oxygen atoms in total. The fourth-order valence-corrected chi connectivity index (χ4v) is 5.59. The van der Waals surface area contributed by atoms with Gasteiger partial charge in [-0.2, -0.15) is 0 Å². The normalized spacial score (nSPS) is 25.1. The molecule has 2 aliphatic rings. The fourth-order valence-electron chi connectivity index (χ4n) is 5.59. The molecule has 2 fully saturated rings. The third-order valence-electron chi connectivity index (χ3n) is 7.89. The zero-order valence-corrected chi connectivity index (χ0v) is 20.7. The van der Waals surface area contributed by atoms with Gasteiger partial charge in [-0.3, -0.25) is 0 Å². The highest BCUT2D eigenvalue weighted by molar-refractivity contribution is 5.30. The van der Waals surface area contributed by atoms with E-state index in [0.29, 0.717) is 49.3 Å². The van der Waals surface area contributed by atoms with Crippen LogP contribution in [0.2, 0.25) is 0 Å². The van der Waals surface area contributed by atoms with E-state index in [1.165, 1.54) is 0 Å². The van der Waals surface area contributed by atoms with Gasteiger partial charge >= 0.3 is 0 Å². The molecule has 2 aromatic rings. The number of hydrogen-bond donors (Lipinski definition) is 0. The van der Waals surface area contributed by atoms with Crippen LogP contribution in [0.3, 0.4) is 0 Å². The minimum atomic E-state index is -0.835. The van der Waals surface area contributed by atoms with E-state index < -0.39 is 23.3 Å². The van der Waals surface area contributed by atoms with Crippen LogP contribution in [-0.2, 0) is 22.7 Å². The van der Waals surface area contributed by atoms with Gasteiger partial charge in [0.15, 0.2) is 23.3 Å². The second-order valence-electron chi connectivity index (χ2n) is 10.3. The monoisotopic (exact) mass is 492 g/mol. The largest absolute Gasteiger partial charge is 0.377 e. The first kappa shape index (κ1) is 26.2. The Bertz CT molecular complexity index is 993. The van der Waals surface area contributed by atoms with Crippen molar-refractivity contribution in [2.75, 3.05) is 6.61 Å². The molecule has 0 atom stereocenters. The van der Waals surface area contributed by atoms with E-state index in [1.807, 2.05) is 0 Å². The molecule has 0 saturated heterocycles. The molecule has 0 aliphatic heterocycles. The third kappa shape index (κ3) is 6.08. The second-order valence-corrected chi connectivity index (χ2v) is 10.3. The molecule has 0 heterocycles. The zero-order valence-electron chi connectivity index (χ0n) is 20.7. The average Bonchev–Trinajstić information content (AvgIpc) is 2.87. The van der Waals surface area contributed by atoms with E-state index in [-0.39, 0.29) is 42.3 Å². The summed E-state index contributed by atoms with van der Waals surface area (Å²) in [7, 11) is 0. The highest BCUT2D eigenvalue weighted by atomic mass is 19.2. The molecule has 0 amide bonds. The van der Waals surface area contributed by atoms with Gasteiger partial charge in [0.1, 0.15) is 0 Å². The highest BCUT2D eigenvalue weighted by Crippen LogP contribution is 2.39. The molecule has 0 aromatic heterocycles. The Morgan fingerprint density at radius 2 is 1.14 bits per heavy atom. The van der Waals surface area contributed by atoms with Crippen LogP contribution in [0.5, 0.6) is 0 Å². The minimum absolute atomic E-state index is 0.00911. The van der Waals surface area contributed by atoms with Crippen LogP contribution < -0.4 is 0 Å². The lowest BCUT2D eigenvalue weighted by molar-refractivity contribution is 0.0116. The molecule has 0 bridgehead atoms. The van der Waals surface area contributed by atoms with E-state index in [4.69, 9.17) is 9.47 Å². The van der Waals surface area contributed by atoms with Gasteiger partial charge in [-0.1, -0.05) is 44.0 Å². The van der Waals surface area contributed by atoms with Crippen molar-refractivity contribution < 1.29 is 27.0 Å². The van der Waals surface area contributed by atoms with Crippen LogP contribution in [0.4, 0.5) is 17.6 Å². The van der Waals surface area contributed by atoms with Crippen molar-refractivity contribution in [3.8, 4) is 0 Å². The zero-order chi connectivity index (χ0) is 24.9. The summed E-state index contributed by atoms with van der Waals surface area (Å²) < 4.78 is 69.8. The molecule has 192 valence electrons. The molecular formula is C29H36F4O2. The molecule has 2 saturated carbocycles. The van der Waals surface area contributed by atoms with Crippen LogP contribution in [0, 0.1) is 29.2 Å². The Kier molecular flexibility index (Phi) is 8.87. The van der Waals surface area contributed by atoms with Crippen molar-refractivity contribution in [3.05, 3.63) is 69.8 Å². The van der Waals surface area contributed by atoms with Crippen molar-refractivity contribution in [3.63, 3.8) is 0 Å². The predicted octanol–water partition coefficient (Wildman–Crippen LogP) is 8.32. The molecular weight excluding hydrogens is 456 g/mol. The SMILES string of the molecule is CCOCc1ccc(C2CCC(OCc3ccc(C4CCC(C)CC4)c(F)c3F)CC2)c(F)c1F. The molecule has 6 heteroatoms. The van der Waals surface area contributed by atoms with Crippen molar-refractivity contribution >= 4 is 0 Å². The Morgan fingerprint density at radius 1 is 0.657 bits per heavy atom. The predicted molar refractivity (Wildman–Crippen MR) is 128 cm³/mol. The van der Waals surface area contributed by atoms with Crippen LogP contribution in [0.15, 0.2) is 24.3 Å². The molecule has 2 aliphatic carbocycles. The van der Waals surface area contributed by atoms with Gasteiger partial charge in [-0.05, 0) is 74.3 Å². The van der Waals surface area contributed by atoms with Crippen LogP contribution in [0.1, 0.15) is 99.3 Å². The summed E-state index contributed by atoms with van der Waals surface area (Å²) >= 11 is 0. The van der Waals surface area contributed by atoms with Crippen LogP contribution >= 0.6 is 0 Å². The number of benzene rings is 2. The summed E-state index contributed by atoms with van der Waals surface area (Å²) in [6.45, 7) is 4.51. The molecule has 0 N–H and O–H groups in total. The first-order valence-corrected chi connectivity index (χ1v) is 13.0. The van der Waals surface area contributed by atoms with Gasteiger partial charge in [0.25, 0.3) is 0 Å². The first-order chi connectivity index (χ1) is 16.9. The van der Waals surface area contributed by atoms with Crippen LogP contribution in [0.25, 0.3) is 0 Å². The second kappa shape index (κ2) is 11.9. The first-order valence-electron chi connectivity index (χ1n) is 13.0. The summed E-state index contributed by atoms with van der Waals surface area (Å²) in [5, 5.41) is 0. The molecule has 0 unspecified atom stereocenters. The van der Waals surface area contributed by atoms with Crippen molar-refractivity contribution in [2.45, 2.75) is 96.4 Å². The summed E-state index contributed by atoms with van der Waals surface area (Å²) in [6, 6.07) is 6.63. The van der Waals surface area contributed by atoms with Gasteiger partial charge < -0.3 is 9.47 Å². The summed E-state index contributed by atoms with van der Waals surface area (Å²) in [5.74, 6) is -2.52. The van der Waals surface area contributed by atoms with E-state index in [0.717, 1.165) is 25.7 Å². The van der Waals surface area contributed by atoms with E-state index in [1.54, 1.807) is 31.2 Å². The van der Waals surface area contributed by atoms with Gasteiger partial charge in [-0.25, -0.2) is 17.6 Å². The molecule has 0 radical (unpaired) electrons. The number of ether oxygens (including phenoxy) is 2. The maximum Gasteiger partial charge on any atom is 0.164 e. The Morgan fingerprint density at radius 3 is 1.66 bits per heavy atom. The van der Waals surface area contributed by atoms with Gasteiger partial charge in [0.2, 0.25) is 0 Å². The van der Waals surface area contributed by atoms with Crippen molar-refractivity contribution in [1.82, 2.24) is 0 Å². The summed E-state index contributed by atoms with van der Waals surface area (Å²) in [6.07, 6.45) is 6.42. The fraction of sp³-hybridized carbons (Fsp3) is 0.586. The molecule has 2 aromatic carbocycles. The van der Waals surface area contributed by atoms with Gasteiger partial charge in [0.05, 0.1) is 19.3 Å². The van der Waals surface area contributed by atoms with E-state index >= 15 is 0 Å². The van der Waals surface area contributed by atoms with E-state index in [9.17, 15) is 17.6 Å². The lowest BCUT2D eigenvalue weighted by Crippen LogP contribution is -2.22. The minimum Gasteiger partial charge on any atom is -0.377 e. The quantitative estimate of drug-likeness (QED) is 0.345. The van der Waals surface area contributed by atoms with E-state index in [2.05, 4.69) is 6.92 Å². The van der Waals surface area contributed by atoms with Crippen LogP contribution in [-0.4, -0.2) is 12.7 Å². The summed E-state index contributed by atoms with van der Waals surface area (Å²) in [5.41, 5.74) is 1.33. The number of rotatable bonds is 8. The molecule has 0 spiro atoms. The highest BCUT2D eigenvalue weighted by Gasteiger charge is 2.28. The standard InChI is InChI=1S/C29H36F4O2/c1-3-34-16-21-10-14-25(28(32)26(21)30)20-8-12-23(13-9-20)35-17-22-11-15-24(29(33)27(22)31)19-6-4-18(2)5-7-19/h10-11,14-15,18-20,23H,3-9,12-13,16-17H2,1-2H3. The van der Waals surface area contributed by atoms with Crippen molar-refractivity contribution in [1.29, 1.82) is 0 Å².